The smallest absolute Gasteiger partial charge is 0.304 e. The molecule has 0 amide bonds. The molecule has 0 radical (unpaired) electrons. The average Bonchev–Trinajstić information content (AvgIpc) is 2.06. The van der Waals surface area contributed by atoms with Gasteiger partial charge in [0.2, 0.25) is 0 Å². The van der Waals surface area contributed by atoms with Gasteiger partial charge in [0.25, 0.3) is 0 Å². The number of rotatable bonds is 4. The van der Waals surface area contributed by atoms with Crippen LogP contribution in [0.4, 0.5) is 0 Å². The van der Waals surface area contributed by atoms with Crippen LogP contribution < -0.4 is 0 Å². The highest BCUT2D eigenvalue weighted by Gasteiger charge is 2.24. The van der Waals surface area contributed by atoms with Gasteiger partial charge in [-0.25, -0.2) is 0 Å². The molecule has 1 aliphatic heterocycles. The van der Waals surface area contributed by atoms with Crippen LogP contribution in [0.1, 0.15) is 25.7 Å². The fourth-order valence-electron chi connectivity index (χ4n) is 1.92. The van der Waals surface area contributed by atoms with Crippen molar-refractivity contribution in [3.8, 4) is 0 Å². The summed E-state index contributed by atoms with van der Waals surface area (Å²) in [6.45, 7) is 5.54. The quantitative estimate of drug-likeness (QED) is 0.844. The highest BCUT2D eigenvalue weighted by atomic mass is 79.9. The van der Waals surface area contributed by atoms with Gasteiger partial charge in [-0.1, -0.05) is 28.9 Å². The highest BCUT2D eigenvalue weighted by Crippen LogP contribution is 2.21. The molecule has 1 aliphatic rings. The number of halogens is 1. The monoisotopic (exact) mass is 261 g/mol. The Balaban J connectivity index is 2.49. The molecule has 0 aromatic rings. The van der Waals surface area contributed by atoms with Crippen LogP contribution in [0, 0.1) is 0 Å². The standard InChI is InChI=1S/C10H16BrNO2/c1-8(11)7-12-5-3-2-4-9(12)6-10(13)14/h9H,1-7H2,(H,13,14). The van der Waals surface area contributed by atoms with E-state index in [-0.39, 0.29) is 12.5 Å². The Morgan fingerprint density at radius 2 is 2.29 bits per heavy atom. The number of likely N-dealkylation sites (tertiary alicyclic amines) is 1. The van der Waals surface area contributed by atoms with Crippen molar-refractivity contribution < 1.29 is 9.90 Å². The Kier molecular flexibility index (Phi) is 4.62. The first kappa shape index (κ1) is 11.7. The summed E-state index contributed by atoms with van der Waals surface area (Å²) in [6, 6.07) is 0.190. The molecule has 3 nitrogen and oxygen atoms in total. The van der Waals surface area contributed by atoms with Gasteiger partial charge >= 0.3 is 5.97 Å². The molecule has 1 fully saturated rings. The lowest BCUT2D eigenvalue weighted by Crippen LogP contribution is -2.41. The number of carboxylic acids is 1. The van der Waals surface area contributed by atoms with Gasteiger partial charge in [-0.2, -0.15) is 0 Å². The summed E-state index contributed by atoms with van der Waals surface area (Å²) in [5.41, 5.74) is 0. The molecular formula is C10H16BrNO2. The third kappa shape index (κ3) is 3.80. The molecule has 1 unspecified atom stereocenters. The van der Waals surface area contributed by atoms with Crippen molar-refractivity contribution in [1.29, 1.82) is 0 Å². The topological polar surface area (TPSA) is 40.5 Å². The number of hydrogen-bond donors (Lipinski definition) is 1. The molecule has 0 spiro atoms. The number of hydrogen-bond acceptors (Lipinski definition) is 2. The van der Waals surface area contributed by atoms with Crippen molar-refractivity contribution in [2.75, 3.05) is 13.1 Å². The second-order valence-electron chi connectivity index (χ2n) is 3.74. The molecule has 1 saturated heterocycles. The van der Waals surface area contributed by atoms with Crippen LogP contribution in [0.5, 0.6) is 0 Å². The van der Waals surface area contributed by atoms with Crippen LogP contribution >= 0.6 is 15.9 Å². The van der Waals surface area contributed by atoms with Crippen LogP contribution in [0.15, 0.2) is 11.1 Å². The summed E-state index contributed by atoms with van der Waals surface area (Å²) in [5.74, 6) is -0.706. The van der Waals surface area contributed by atoms with E-state index in [1.54, 1.807) is 0 Å². The van der Waals surface area contributed by atoms with Crippen molar-refractivity contribution in [3.63, 3.8) is 0 Å². The van der Waals surface area contributed by atoms with Gasteiger partial charge < -0.3 is 5.11 Å². The number of aliphatic carboxylic acids is 1. The van der Waals surface area contributed by atoms with Gasteiger partial charge in [0, 0.05) is 17.1 Å². The zero-order valence-corrected chi connectivity index (χ0v) is 9.79. The second kappa shape index (κ2) is 5.51. The maximum atomic E-state index is 10.6. The molecule has 1 N–H and O–H groups in total. The van der Waals surface area contributed by atoms with Crippen LogP contribution in [-0.4, -0.2) is 35.1 Å². The fraction of sp³-hybridized carbons (Fsp3) is 0.700. The first-order valence-corrected chi connectivity index (χ1v) is 5.68. The van der Waals surface area contributed by atoms with Crippen molar-refractivity contribution in [3.05, 3.63) is 11.1 Å². The van der Waals surface area contributed by atoms with E-state index in [0.717, 1.165) is 36.8 Å². The third-order valence-corrected chi connectivity index (χ3v) is 2.78. The van der Waals surface area contributed by atoms with Crippen LogP contribution in [0.25, 0.3) is 0 Å². The molecule has 4 heteroatoms. The highest BCUT2D eigenvalue weighted by molar-refractivity contribution is 9.11. The van der Waals surface area contributed by atoms with Gasteiger partial charge in [-0.15, -0.1) is 0 Å². The van der Waals surface area contributed by atoms with Gasteiger partial charge in [0.05, 0.1) is 6.42 Å². The SMILES string of the molecule is C=C(Br)CN1CCCCC1CC(=O)O. The summed E-state index contributed by atoms with van der Waals surface area (Å²) in [5, 5.41) is 8.76. The molecule has 1 atom stereocenters. The molecule has 1 rings (SSSR count). The van der Waals surface area contributed by atoms with Crippen LogP contribution in [0.3, 0.4) is 0 Å². The Morgan fingerprint density at radius 3 is 2.86 bits per heavy atom. The van der Waals surface area contributed by atoms with Gasteiger partial charge in [-0.3, -0.25) is 9.69 Å². The zero-order valence-electron chi connectivity index (χ0n) is 8.21. The normalized spacial score (nSPS) is 23.4. The van der Waals surface area contributed by atoms with Crippen molar-refractivity contribution in [1.82, 2.24) is 4.90 Å². The summed E-state index contributed by atoms with van der Waals surface area (Å²) in [7, 11) is 0. The van der Waals surface area contributed by atoms with Crippen LogP contribution in [0.2, 0.25) is 0 Å². The summed E-state index contributed by atoms with van der Waals surface area (Å²) >= 11 is 3.32. The minimum absolute atomic E-state index is 0.190. The largest absolute Gasteiger partial charge is 0.481 e. The van der Waals surface area contributed by atoms with E-state index in [2.05, 4.69) is 27.4 Å². The molecule has 14 heavy (non-hydrogen) atoms. The average molecular weight is 262 g/mol. The Morgan fingerprint density at radius 1 is 1.57 bits per heavy atom. The van der Waals surface area contributed by atoms with E-state index in [1.165, 1.54) is 0 Å². The summed E-state index contributed by atoms with van der Waals surface area (Å²) < 4.78 is 0.926. The fourth-order valence-corrected chi connectivity index (χ4v) is 2.24. The van der Waals surface area contributed by atoms with Gasteiger partial charge in [0.1, 0.15) is 0 Å². The maximum Gasteiger partial charge on any atom is 0.304 e. The van der Waals surface area contributed by atoms with Crippen molar-refractivity contribution in [2.45, 2.75) is 31.7 Å². The van der Waals surface area contributed by atoms with E-state index in [9.17, 15) is 4.79 Å². The molecule has 0 aromatic carbocycles. The third-order valence-electron chi connectivity index (χ3n) is 2.53. The molecule has 0 bridgehead atoms. The Labute approximate surface area is 92.9 Å². The zero-order chi connectivity index (χ0) is 10.6. The minimum atomic E-state index is -0.706. The van der Waals surface area contributed by atoms with Gasteiger partial charge in [0.15, 0.2) is 0 Å². The molecule has 0 aromatic heterocycles. The van der Waals surface area contributed by atoms with E-state index in [0.29, 0.717) is 0 Å². The van der Waals surface area contributed by atoms with E-state index < -0.39 is 5.97 Å². The molecule has 80 valence electrons. The molecule has 0 saturated carbocycles. The number of piperidine rings is 1. The Hall–Kier alpha value is -0.350. The molecular weight excluding hydrogens is 246 g/mol. The summed E-state index contributed by atoms with van der Waals surface area (Å²) in [6.07, 6.45) is 3.55. The van der Waals surface area contributed by atoms with Gasteiger partial charge in [-0.05, 0) is 19.4 Å². The van der Waals surface area contributed by atoms with Crippen LogP contribution in [-0.2, 0) is 4.79 Å². The number of carboxylic acid groups (broad SMARTS) is 1. The van der Waals surface area contributed by atoms with E-state index in [1.807, 2.05) is 0 Å². The predicted octanol–water partition coefficient (Wildman–Crippen LogP) is 2.22. The lowest BCUT2D eigenvalue weighted by atomic mass is 9.99. The number of carbonyl (C=O) groups is 1. The predicted molar refractivity (Wildman–Crippen MR) is 59.5 cm³/mol. The lowest BCUT2D eigenvalue weighted by molar-refractivity contribution is -0.138. The van der Waals surface area contributed by atoms with Crippen molar-refractivity contribution in [2.24, 2.45) is 0 Å². The Bertz CT molecular complexity index is 206. The molecule has 1 heterocycles. The summed E-state index contributed by atoms with van der Waals surface area (Å²) in [4.78, 5) is 12.8. The first-order valence-electron chi connectivity index (χ1n) is 4.88. The second-order valence-corrected chi connectivity index (χ2v) is 4.86. The molecule has 0 aliphatic carbocycles. The number of nitrogens with zero attached hydrogens (tertiary/aromatic N) is 1. The van der Waals surface area contributed by atoms with E-state index >= 15 is 0 Å². The minimum Gasteiger partial charge on any atom is -0.481 e. The van der Waals surface area contributed by atoms with E-state index in [4.69, 9.17) is 5.11 Å². The first-order chi connectivity index (χ1) is 6.59. The lowest BCUT2D eigenvalue weighted by Gasteiger charge is -2.34. The maximum absolute atomic E-state index is 10.6. The van der Waals surface area contributed by atoms with Crippen molar-refractivity contribution >= 4 is 21.9 Å².